The van der Waals surface area contributed by atoms with Crippen molar-refractivity contribution in [3.63, 3.8) is 0 Å². The number of hydrogen-bond donors (Lipinski definition) is 1. The molecule has 198 valence electrons. The van der Waals surface area contributed by atoms with Gasteiger partial charge in [-0.15, -0.1) is 0 Å². The Labute approximate surface area is 213 Å². The molecule has 1 aromatic carbocycles. The molecule has 0 aromatic heterocycles. The molecule has 6 aliphatic rings. The van der Waals surface area contributed by atoms with Crippen LogP contribution in [0.5, 0.6) is 5.75 Å². The summed E-state index contributed by atoms with van der Waals surface area (Å²) >= 11 is 0. The fraction of sp³-hybridized carbons (Fsp3) is 0.750. The van der Waals surface area contributed by atoms with Crippen molar-refractivity contribution in [1.29, 1.82) is 0 Å². The Morgan fingerprint density at radius 2 is 1.72 bits per heavy atom. The molecule has 2 aliphatic heterocycles. The summed E-state index contributed by atoms with van der Waals surface area (Å²) in [6.45, 7) is 6.24. The fourth-order valence-corrected chi connectivity index (χ4v) is 7.70. The fourth-order valence-electron chi connectivity index (χ4n) is 7.70. The molecule has 1 spiro atoms. The van der Waals surface area contributed by atoms with E-state index in [2.05, 4.69) is 29.2 Å². The van der Waals surface area contributed by atoms with Crippen molar-refractivity contribution >= 4 is 5.97 Å². The van der Waals surface area contributed by atoms with Gasteiger partial charge in [-0.2, -0.15) is 0 Å². The minimum absolute atomic E-state index is 0.0882. The molecule has 6 fully saturated rings. The van der Waals surface area contributed by atoms with E-state index < -0.39 is 17.2 Å². The Morgan fingerprint density at radius 1 is 1.00 bits per heavy atom. The first-order chi connectivity index (χ1) is 17.6. The van der Waals surface area contributed by atoms with Gasteiger partial charge in [-0.25, -0.2) is 9.78 Å². The van der Waals surface area contributed by atoms with Gasteiger partial charge in [0.25, 0.3) is 0 Å². The topological polar surface area (TPSA) is 86.7 Å². The lowest BCUT2D eigenvalue weighted by Crippen LogP contribution is -2.65. The van der Waals surface area contributed by atoms with Crippen LogP contribution in [0.1, 0.15) is 56.4 Å². The lowest BCUT2D eigenvalue weighted by Gasteiger charge is -2.61. The van der Waals surface area contributed by atoms with Gasteiger partial charge in [0, 0.05) is 31.5 Å². The Kier molecular flexibility index (Phi) is 6.99. The van der Waals surface area contributed by atoms with Gasteiger partial charge in [0.15, 0.2) is 0 Å². The maximum absolute atomic E-state index is 12.1. The van der Waals surface area contributed by atoms with Crippen molar-refractivity contribution in [2.45, 2.75) is 56.7 Å². The number of benzene rings is 1. The van der Waals surface area contributed by atoms with Crippen molar-refractivity contribution in [1.82, 2.24) is 4.90 Å². The van der Waals surface area contributed by atoms with Crippen LogP contribution in [0.15, 0.2) is 24.3 Å². The van der Waals surface area contributed by atoms with Gasteiger partial charge in [0.05, 0.1) is 31.8 Å². The van der Waals surface area contributed by atoms with E-state index in [1.807, 2.05) is 0 Å². The highest BCUT2D eigenvalue weighted by Gasteiger charge is 2.67. The summed E-state index contributed by atoms with van der Waals surface area (Å²) < 4.78 is 17.9. The molecule has 3 unspecified atom stereocenters. The SMILES string of the molecule is O=C(O)C12CC3CC(C1)C1(OCCC(c4ccc(OCCN5CCOCC5)cc4)CCOO1)C(C3)C2. The highest BCUT2D eigenvalue weighted by molar-refractivity contribution is 5.75. The van der Waals surface area contributed by atoms with Gasteiger partial charge in [0.2, 0.25) is 5.79 Å². The molecule has 4 saturated carbocycles. The quantitative estimate of drug-likeness (QED) is 0.589. The predicted octanol–water partition coefficient (Wildman–Crippen LogP) is 3.85. The first-order valence-corrected chi connectivity index (χ1v) is 13.8. The number of hydrogen-bond acceptors (Lipinski definition) is 7. The highest BCUT2D eigenvalue weighted by Crippen LogP contribution is 2.65. The molecule has 1 aromatic rings. The van der Waals surface area contributed by atoms with Crippen LogP contribution in [0.25, 0.3) is 0 Å². The molecule has 0 radical (unpaired) electrons. The van der Waals surface area contributed by atoms with Crippen LogP contribution in [0.2, 0.25) is 0 Å². The molecule has 1 N–H and O–H groups in total. The standard InChI is InChI=1S/C28H39NO7/c30-26(31)27-17-20-15-23(18-27)28(24(16-20)19-27)34-10-5-22(6-11-35-36-28)21-1-3-25(4-2-21)33-14-9-29-7-12-32-13-8-29/h1-4,20,22-24H,5-19H2,(H,30,31). The maximum Gasteiger partial charge on any atom is 0.309 e. The number of carboxylic acids is 1. The van der Waals surface area contributed by atoms with Crippen LogP contribution < -0.4 is 4.74 Å². The normalized spacial score (nSPS) is 38.9. The average molecular weight is 502 g/mol. The zero-order valence-electron chi connectivity index (χ0n) is 21.1. The Bertz CT molecular complexity index is 899. The molecule has 2 saturated heterocycles. The monoisotopic (exact) mass is 501 g/mol. The van der Waals surface area contributed by atoms with Crippen LogP contribution in [0.4, 0.5) is 0 Å². The minimum atomic E-state index is -0.789. The second-order valence-electron chi connectivity index (χ2n) is 11.6. The summed E-state index contributed by atoms with van der Waals surface area (Å²) in [6, 6.07) is 8.43. The molecule has 4 bridgehead atoms. The summed E-state index contributed by atoms with van der Waals surface area (Å²) in [5.74, 6) is 0.415. The van der Waals surface area contributed by atoms with Gasteiger partial charge in [-0.1, -0.05) is 12.1 Å². The van der Waals surface area contributed by atoms with Crippen LogP contribution in [-0.4, -0.2) is 74.4 Å². The van der Waals surface area contributed by atoms with Crippen molar-refractivity contribution in [2.75, 3.05) is 52.7 Å². The first-order valence-electron chi connectivity index (χ1n) is 13.8. The first kappa shape index (κ1) is 24.6. The summed E-state index contributed by atoms with van der Waals surface area (Å²) in [7, 11) is 0. The zero-order valence-corrected chi connectivity index (χ0v) is 21.1. The van der Waals surface area contributed by atoms with E-state index in [9.17, 15) is 9.90 Å². The molecule has 36 heavy (non-hydrogen) atoms. The molecular formula is C28H39NO7. The Morgan fingerprint density at radius 3 is 2.44 bits per heavy atom. The van der Waals surface area contributed by atoms with E-state index in [-0.39, 0.29) is 11.8 Å². The molecular weight excluding hydrogens is 462 g/mol. The van der Waals surface area contributed by atoms with Gasteiger partial charge in [0.1, 0.15) is 12.4 Å². The van der Waals surface area contributed by atoms with Crippen molar-refractivity contribution < 1.29 is 33.9 Å². The minimum Gasteiger partial charge on any atom is -0.492 e. The lowest BCUT2D eigenvalue weighted by molar-refractivity contribution is -0.477. The number of carboxylic acid groups (broad SMARTS) is 1. The molecule has 0 amide bonds. The number of ether oxygens (including phenoxy) is 3. The van der Waals surface area contributed by atoms with E-state index in [0.717, 1.165) is 70.7 Å². The Balaban J connectivity index is 1.05. The van der Waals surface area contributed by atoms with Gasteiger partial charge >= 0.3 is 5.97 Å². The van der Waals surface area contributed by atoms with Gasteiger partial charge in [-0.3, -0.25) is 9.69 Å². The molecule has 3 atom stereocenters. The number of nitrogens with zero attached hydrogens (tertiary/aromatic N) is 1. The lowest BCUT2D eigenvalue weighted by atomic mass is 9.47. The van der Waals surface area contributed by atoms with Crippen LogP contribution in [-0.2, 0) is 24.0 Å². The number of aliphatic carboxylic acids is 1. The smallest absolute Gasteiger partial charge is 0.309 e. The number of rotatable bonds is 6. The van der Waals surface area contributed by atoms with Crippen molar-refractivity contribution in [3.8, 4) is 5.75 Å². The predicted molar refractivity (Wildman–Crippen MR) is 131 cm³/mol. The third kappa shape index (κ3) is 4.67. The van der Waals surface area contributed by atoms with Crippen LogP contribution in [0.3, 0.4) is 0 Å². The van der Waals surface area contributed by atoms with E-state index in [1.54, 1.807) is 0 Å². The second kappa shape index (κ2) is 10.2. The number of carbonyl (C=O) groups is 1. The molecule has 8 nitrogen and oxygen atoms in total. The van der Waals surface area contributed by atoms with E-state index in [1.165, 1.54) is 5.56 Å². The molecule has 4 aliphatic carbocycles. The highest BCUT2D eigenvalue weighted by atomic mass is 17.2. The summed E-state index contributed by atoms with van der Waals surface area (Å²) in [6.07, 6.45) is 5.77. The van der Waals surface area contributed by atoms with E-state index >= 15 is 0 Å². The van der Waals surface area contributed by atoms with Crippen LogP contribution >= 0.6 is 0 Å². The molecule has 2 heterocycles. The van der Waals surface area contributed by atoms with Crippen molar-refractivity contribution in [2.24, 2.45) is 23.2 Å². The summed E-state index contributed by atoms with van der Waals surface area (Å²) in [5.41, 5.74) is 0.662. The summed E-state index contributed by atoms with van der Waals surface area (Å²) in [5, 5.41) is 9.97. The largest absolute Gasteiger partial charge is 0.492 e. The zero-order chi connectivity index (χ0) is 24.6. The molecule has 8 heteroatoms. The van der Waals surface area contributed by atoms with Crippen LogP contribution in [0, 0.1) is 23.2 Å². The maximum atomic E-state index is 12.1. The third-order valence-electron chi connectivity index (χ3n) is 9.45. The van der Waals surface area contributed by atoms with Gasteiger partial charge in [-0.05, 0) is 74.5 Å². The second-order valence-corrected chi connectivity index (χ2v) is 11.6. The number of morpholine rings is 1. The molecule has 7 rings (SSSR count). The average Bonchev–Trinajstić information content (AvgIpc) is 2.99. The van der Waals surface area contributed by atoms with E-state index in [4.69, 9.17) is 24.0 Å². The Hall–Kier alpha value is -1.71. The van der Waals surface area contributed by atoms with Gasteiger partial charge < -0.3 is 19.3 Å². The summed E-state index contributed by atoms with van der Waals surface area (Å²) in [4.78, 5) is 26.4. The van der Waals surface area contributed by atoms with E-state index in [0.29, 0.717) is 44.5 Å². The third-order valence-corrected chi connectivity index (χ3v) is 9.45. The van der Waals surface area contributed by atoms with Crippen molar-refractivity contribution in [3.05, 3.63) is 29.8 Å².